The molecule has 0 aromatic carbocycles. The van der Waals surface area contributed by atoms with E-state index in [-0.39, 0.29) is 22.9 Å². The van der Waals surface area contributed by atoms with E-state index in [1.165, 1.54) is 18.5 Å². The first-order valence-electron chi connectivity index (χ1n) is 5.67. The molecule has 0 aliphatic rings. The highest BCUT2D eigenvalue weighted by Crippen LogP contribution is 2.04. The lowest BCUT2D eigenvalue weighted by Gasteiger charge is -2.11. The van der Waals surface area contributed by atoms with Crippen LogP contribution in [-0.2, 0) is 6.42 Å². The number of amides is 1. The van der Waals surface area contributed by atoms with E-state index < -0.39 is 0 Å². The Labute approximate surface area is 104 Å². The molecule has 18 heavy (non-hydrogen) atoms. The number of hydrogen-bond acceptors (Lipinski definition) is 3. The van der Waals surface area contributed by atoms with E-state index in [4.69, 9.17) is 4.42 Å². The average Bonchev–Trinajstić information content (AvgIpc) is 2.82. The van der Waals surface area contributed by atoms with Gasteiger partial charge in [0.15, 0.2) is 5.43 Å². The fraction of sp³-hybridized carbons (Fsp3) is 0.231. The molecule has 2 aromatic heterocycles. The third-order valence-corrected chi connectivity index (χ3v) is 2.53. The summed E-state index contributed by atoms with van der Waals surface area (Å²) in [6.07, 6.45) is 5.07. The number of hydrogen-bond donors (Lipinski definition) is 2. The number of H-pyrrole nitrogens is 1. The molecule has 2 rings (SSSR count). The van der Waals surface area contributed by atoms with Crippen LogP contribution in [0.4, 0.5) is 0 Å². The van der Waals surface area contributed by atoms with Gasteiger partial charge in [-0.3, -0.25) is 9.59 Å². The van der Waals surface area contributed by atoms with Gasteiger partial charge in [-0.1, -0.05) is 0 Å². The molecule has 0 bridgehead atoms. The summed E-state index contributed by atoms with van der Waals surface area (Å²) >= 11 is 0. The summed E-state index contributed by atoms with van der Waals surface area (Å²) in [6.45, 7) is 1.86. The summed E-state index contributed by atoms with van der Waals surface area (Å²) in [7, 11) is 0. The number of pyridine rings is 1. The van der Waals surface area contributed by atoms with Crippen molar-refractivity contribution < 1.29 is 9.21 Å². The van der Waals surface area contributed by atoms with Gasteiger partial charge < -0.3 is 14.7 Å². The van der Waals surface area contributed by atoms with Crippen LogP contribution in [0.15, 0.2) is 46.1 Å². The lowest BCUT2D eigenvalue weighted by atomic mass is 10.1. The Hall–Kier alpha value is -2.30. The number of furan rings is 1. The lowest BCUT2D eigenvalue weighted by molar-refractivity contribution is 0.0938. The third-order valence-electron chi connectivity index (χ3n) is 2.53. The van der Waals surface area contributed by atoms with E-state index >= 15 is 0 Å². The van der Waals surface area contributed by atoms with Crippen LogP contribution in [0.25, 0.3) is 0 Å². The highest BCUT2D eigenvalue weighted by molar-refractivity contribution is 5.93. The number of aromatic nitrogens is 1. The summed E-state index contributed by atoms with van der Waals surface area (Å²) in [5.74, 6) is 0.417. The molecular weight excluding hydrogens is 232 g/mol. The summed E-state index contributed by atoms with van der Waals surface area (Å²) < 4.78 is 5.20. The molecular formula is C13H14N2O3. The number of carbonyl (C=O) groups excluding carboxylic acids is 1. The van der Waals surface area contributed by atoms with Crippen molar-refractivity contribution in [3.8, 4) is 0 Å². The van der Waals surface area contributed by atoms with Gasteiger partial charge in [-0.15, -0.1) is 0 Å². The fourth-order valence-electron chi connectivity index (χ4n) is 1.68. The first-order chi connectivity index (χ1) is 8.66. The molecule has 1 atom stereocenters. The van der Waals surface area contributed by atoms with Crippen molar-refractivity contribution in [2.75, 3.05) is 0 Å². The molecule has 2 N–H and O–H groups in total. The van der Waals surface area contributed by atoms with E-state index in [0.29, 0.717) is 6.42 Å². The van der Waals surface area contributed by atoms with Gasteiger partial charge in [0.1, 0.15) is 11.3 Å². The normalized spacial score (nSPS) is 12.1. The van der Waals surface area contributed by atoms with Crippen molar-refractivity contribution in [3.05, 3.63) is 58.4 Å². The summed E-state index contributed by atoms with van der Waals surface area (Å²) in [5.41, 5.74) is -0.180. The number of aromatic amines is 1. The molecule has 0 aliphatic carbocycles. The molecule has 94 valence electrons. The topological polar surface area (TPSA) is 75.1 Å². The van der Waals surface area contributed by atoms with Crippen molar-refractivity contribution in [2.24, 2.45) is 0 Å². The predicted octanol–water partition coefficient (Wildman–Crippen LogP) is 1.33. The van der Waals surface area contributed by atoms with E-state index in [2.05, 4.69) is 10.3 Å². The molecule has 2 heterocycles. The molecule has 0 fully saturated rings. The van der Waals surface area contributed by atoms with Crippen LogP contribution in [0.3, 0.4) is 0 Å². The smallest absolute Gasteiger partial charge is 0.256 e. The van der Waals surface area contributed by atoms with Crippen LogP contribution in [0.1, 0.15) is 23.0 Å². The van der Waals surface area contributed by atoms with Crippen molar-refractivity contribution >= 4 is 5.91 Å². The van der Waals surface area contributed by atoms with E-state index in [1.54, 1.807) is 12.3 Å². The second kappa shape index (κ2) is 5.35. The van der Waals surface area contributed by atoms with Gasteiger partial charge in [0.25, 0.3) is 5.91 Å². The maximum atomic E-state index is 11.8. The Morgan fingerprint density at radius 3 is 3.00 bits per heavy atom. The first-order valence-corrected chi connectivity index (χ1v) is 5.67. The minimum atomic E-state index is -0.379. The van der Waals surface area contributed by atoms with Crippen LogP contribution in [0.5, 0.6) is 0 Å². The second-order valence-corrected chi connectivity index (χ2v) is 4.08. The highest BCUT2D eigenvalue weighted by atomic mass is 16.3. The van der Waals surface area contributed by atoms with Gasteiger partial charge in [-0.25, -0.2) is 0 Å². The molecule has 0 aliphatic heterocycles. The molecule has 5 nitrogen and oxygen atoms in total. The van der Waals surface area contributed by atoms with E-state index in [1.807, 2.05) is 13.0 Å². The van der Waals surface area contributed by atoms with Crippen LogP contribution in [-0.4, -0.2) is 16.9 Å². The molecule has 0 spiro atoms. The Morgan fingerprint density at radius 2 is 2.33 bits per heavy atom. The summed E-state index contributed by atoms with van der Waals surface area (Å²) in [5, 5.41) is 2.76. The minimum Gasteiger partial charge on any atom is -0.469 e. The van der Waals surface area contributed by atoms with Gasteiger partial charge in [0.2, 0.25) is 0 Å². The van der Waals surface area contributed by atoms with Crippen LogP contribution < -0.4 is 10.7 Å². The van der Waals surface area contributed by atoms with Crippen molar-refractivity contribution in [3.63, 3.8) is 0 Å². The number of carbonyl (C=O) groups is 1. The average molecular weight is 246 g/mol. The second-order valence-electron chi connectivity index (χ2n) is 4.08. The number of nitrogens with one attached hydrogen (secondary N) is 2. The molecule has 0 radical (unpaired) electrons. The third kappa shape index (κ3) is 2.88. The quantitative estimate of drug-likeness (QED) is 0.854. The molecule has 0 saturated carbocycles. The van der Waals surface area contributed by atoms with Gasteiger partial charge in [-0.05, 0) is 19.1 Å². The van der Waals surface area contributed by atoms with Crippen molar-refractivity contribution in [1.29, 1.82) is 0 Å². The zero-order valence-corrected chi connectivity index (χ0v) is 9.97. The Morgan fingerprint density at radius 1 is 1.50 bits per heavy atom. The molecule has 2 aromatic rings. The molecule has 5 heteroatoms. The Bertz CT molecular complexity index is 572. The maximum absolute atomic E-state index is 11.8. The Kier molecular flexibility index (Phi) is 3.62. The lowest BCUT2D eigenvalue weighted by Crippen LogP contribution is -2.36. The van der Waals surface area contributed by atoms with Crippen molar-refractivity contribution in [1.82, 2.24) is 10.3 Å². The molecule has 1 unspecified atom stereocenters. The first kappa shape index (κ1) is 12.2. The largest absolute Gasteiger partial charge is 0.469 e. The van der Waals surface area contributed by atoms with E-state index in [9.17, 15) is 9.59 Å². The van der Waals surface area contributed by atoms with Gasteiger partial charge >= 0.3 is 0 Å². The highest BCUT2D eigenvalue weighted by Gasteiger charge is 2.13. The van der Waals surface area contributed by atoms with Gasteiger partial charge in [0, 0.05) is 30.9 Å². The SMILES string of the molecule is CC(Cc1ccco1)NC(=O)c1c[nH]ccc1=O. The van der Waals surface area contributed by atoms with Crippen LogP contribution in [0, 0.1) is 0 Å². The molecule has 0 saturated heterocycles. The monoisotopic (exact) mass is 246 g/mol. The zero-order valence-electron chi connectivity index (χ0n) is 9.97. The van der Waals surface area contributed by atoms with Crippen LogP contribution in [0.2, 0.25) is 0 Å². The zero-order chi connectivity index (χ0) is 13.0. The summed E-state index contributed by atoms with van der Waals surface area (Å²) in [6, 6.07) is 4.86. The standard InChI is InChI=1S/C13H14N2O3/c1-9(7-10-3-2-6-18-10)15-13(17)11-8-14-5-4-12(11)16/h2-6,8-9H,7H2,1H3,(H,14,16)(H,15,17). The van der Waals surface area contributed by atoms with Crippen LogP contribution >= 0.6 is 0 Å². The number of rotatable bonds is 4. The minimum absolute atomic E-state index is 0.108. The summed E-state index contributed by atoms with van der Waals surface area (Å²) in [4.78, 5) is 26.0. The molecule has 1 amide bonds. The van der Waals surface area contributed by atoms with Gasteiger partial charge in [-0.2, -0.15) is 0 Å². The van der Waals surface area contributed by atoms with Crippen molar-refractivity contribution in [2.45, 2.75) is 19.4 Å². The fourth-order valence-corrected chi connectivity index (χ4v) is 1.68. The predicted molar refractivity (Wildman–Crippen MR) is 66.4 cm³/mol. The van der Waals surface area contributed by atoms with E-state index in [0.717, 1.165) is 5.76 Å². The van der Waals surface area contributed by atoms with Gasteiger partial charge in [0.05, 0.1) is 6.26 Å². The maximum Gasteiger partial charge on any atom is 0.256 e. The Balaban J connectivity index is 1.99.